The van der Waals surface area contributed by atoms with Crippen molar-refractivity contribution < 1.29 is 13.9 Å². The zero-order valence-electron chi connectivity index (χ0n) is 14.3. The van der Waals surface area contributed by atoms with E-state index in [1.54, 1.807) is 18.2 Å². The van der Waals surface area contributed by atoms with Crippen LogP contribution in [0.15, 0.2) is 43.0 Å². The summed E-state index contributed by atoms with van der Waals surface area (Å²) in [6.45, 7) is 8.69. The lowest BCUT2D eigenvalue weighted by atomic mass is 10.1. The van der Waals surface area contributed by atoms with Crippen LogP contribution in [0.5, 0.6) is 5.88 Å². The van der Waals surface area contributed by atoms with E-state index in [0.717, 1.165) is 27.7 Å². The Bertz CT molecular complexity index is 943. The van der Waals surface area contributed by atoms with Crippen LogP contribution < -0.4 is 4.74 Å². The maximum absolute atomic E-state index is 13.0. The third-order valence-corrected chi connectivity index (χ3v) is 4.32. The number of benzene rings is 1. The molecule has 0 amide bonds. The predicted octanol–water partition coefficient (Wildman–Crippen LogP) is 4.37. The molecule has 1 aromatic carbocycles. The second-order valence-electron chi connectivity index (χ2n) is 5.89. The minimum Gasteiger partial charge on any atom is -0.471 e. The predicted molar refractivity (Wildman–Crippen MR) is 95.5 cm³/mol. The second-order valence-corrected chi connectivity index (χ2v) is 5.89. The topological polar surface area (TPSA) is 44.1 Å². The molecule has 2 heterocycles. The molecule has 0 atom stereocenters. The van der Waals surface area contributed by atoms with Crippen LogP contribution in [-0.2, 0) is 13.2 Å². The number of hydrogen-bond acceptors (Lipinski definition) is 3. The number of hydrogen-bond donors (Lipinski definition) is 0. The third-order valence-electron chi connectivity index (χ3n) is 4.32. The van der Waals surface area contributed by atoms with Gasteiger partial charge < -0.3 is 9.30 Å². The fourth-order valence-corrected chi connectivity index (χ4v) is 2.90. The smallest absolute Gasteiger partial charge is 0.239 e. The lowest BCUT2D eigenvalue weighted by Crippen LogP contribution is -2.04. The summed E-state index contributed by atoms with van der Waals surface area (Å²) in [4.78, 5) is 15.6. The van der Waals surface area contributed by atoms with Crippen LogP contribution in [-0.4, -0.2) is 15.8 Å². The van der Waals surface area contributed by atoms with Crippen LogP contribution in [0.25, 0.3) is 10.9 Å². The van der Waals surface area contributed by atoms with E-state index in [1.807, 2.05) is 19.9 Å². The van der Waals surface area contributed by atoms with Crippen LogP contribution >= 0.6 is 0 Å². The number of allylic oxidation sites excluding steroid dienone is 1. The van der Waals surface area contributed by atoms with Crippen molar-refractivity contribution in [1.82, 2.24) is 9.55 Å². The Hall–Kier alpha value is -2.95. The molecule has 0 bridgehead atoms. The average molecular weight is 338 g/mol. The molecule has 0 N–H and O–H groups in total. The number of nitrogens with zero attached hydrogens (tertiary/aromatic N) is 2. The van der Waals surface area contributed by atoms with E-state index < -0.39 is 0 Å². The molecule has 25 heavy (non-hydrogen) atoms. The molecule has 3 aromatic rings. The van der Waals surface area contributed by atoms with Gasteiger partial charge in [0.25, 0.3) is 0 Å². The molecule has 0 aliphatic rings. The van der Waals surface area contributed by atoms with Gasteiger partial charge in [-0.3, -0.25) is 4.79 Å². The van der Waals surface area contributed by atoms with Crippen molar-refractivity contribution >= 4 is 17.2 Å². The highest BCUT2D eigenvalue weighted by molar-refractivity contribution is 5.92. The summed E-state index contributed by atoms with van der Waals surface area (Å²) in [5.74, 6) is 0.0975. The lowest BCUT2D eigenvalue weighted by Gasteiger charge is -2.11. The number of aryl methyl sites for hydroxylation is 1. The first-order valence-electron chi connectivity index (χ1n) is 7.99. The van der Waals surface area contributed by atoms with Crippen LogP contribution in [0.2, 0.25) is 0 Å². The fraction of sp³-hybridized carbons (Fsp3) is 0.200. The molecule has 2 aromatic heterocycles. The number of rotatable bonds is 6. The van der Waals surface area contributed by atoms with Gasteiger partial charge in [-0.25, -0.2) is 9.37 Å². The van der Waals surface area contributed by atoms with E-state index in [1.165, 1.54) is 12.1 Å². The zero-order valence-corrected chi connectivity index (χ0v) is 14.3. The molecular formula is C20H19FN2O2. The molecule has 3 rings (SSSR count). The average Bonchev–Trinajstić information content (AvgIpc) is 2.86. The van der Waals surface area contributed by atoms with Gasteiger partial charge in [0, 0.05) is 17.6 Å². The van der Waals surface area contributed by atoms with Crippen molar-refractivity contribution in [2.45, 2.75) is 27.0 Å². The summed E-state index contributed by atoms with van der Waals surface area (Å²) in [6, 6.07) is 7.87. The van der Waals surface area contributed by atoms with Gasteiger partial charge in [0.1, 0.15) is 23.6 Å². The van der Waals surface area contributed by atoms with E-state index in [-0.39, 0.29) is 12.4 Å². The first-order valence-corrected chi connectivity index (χ1v) is 7.99. The largest absolute Gasteiger partial charge is 0.471 e. The maximum Gasteiger partial charge on any atom is 0.239 e. The molecule has 0 radical (unpaired) electrons. The molecule has 0 aliphatic carbocycles. The number of ether oxygens (including phenoxy) is 1. The van der Waals surface area contributed by atoms with Gasteiger partial charge in [-0.1, -0.05) is 18.2 Å². The summed E-state index contributed by atoms with van der Waals surface area (Å²) >= 11 is 0. The minimum absolute atomic E-state index is 0.238. The van der Waals surface area contributed by atoms with Gasteiger partial charge in [-0.2, -0.15) is 0 Å². The quantitative estimate of drug-likeness (QED) is 0.495. The molecule has 0 spiro atoms. The highest BCUT2D eigenvalue weighted by Gasteiger charge is 2.17. The number of carbonyl (C=O) groups is 1. The maximum atomic E-state index is 13.0. The van der Waals surface area contributed by atoms with Crippen LogP contribution in [0, 0.1) is 19.7 Å². The standard InChI is InChI=1S/C20H19FN2O2/c1-4-9-23-14(3)13(2)18-10-17(11-24)22-20(19(18)23)25-12-15-5-7-16(21)8-6-15/h4-8,10-11H,1,9,12H2,2-3H3. The summed E-state index contributed by atoms with van der Waals surface area (Å²) in [6.07, 6.45) is 2.52. The van der Waals surface area contributed by atoms with Crippen molar-refractivity contribution in [2.75, 3.05) is 0 Å². The molecular weight excluding hydrogens is 319 g/mol. The number of pyridine rings is 1. The van der Waals surface area contributed by atoms with Crippen LogP contribution in [0.1, 0.15) is 27.3 Å². The third kappa shape index (κ3) is 3.18. The highest BCUT2D eigenvalue weighted by Crippen LogP contribution is 2.32. The Labute approximate surface area is 145 Å². The Morgan fingerprint density at radius 2 is 2.00 bits per heavy atom. The summed E-state index contributed by atoms with van der Waals surface area (Å²) < 4.78 is 21.0. The summed E-state index contributed by atoms with van der Waals surface area (Å²) in [5, 5.41) is 0.936. The Kier molecular flexibility index (Phi) is 4.65. The molecule has 0 saturated carbocycles. The Morgan fingerprint density at radius 3 is 2.64 bits per heavy atom. The Balaban J connectivity index is 2.08. The fourth-order valence-electron chi connectivity index (χ4n) is 2.90. The van der Waals surface area contributed by atoms with Crippen LogP contribution in [0.4, 0.5) is 4.39 Å². The molecule has 0 fully saturated rings. The first-order chi connectivity index (χ1) is 12.0. The minimum atomic E-state index is -0.293. The van der Waals surface area contributed by atoms with Gasteiger partial charge >= 0.3 is 0 Å². The zero-order chi connectivity index (χ0) is 18.0. The SMILES string of the molecule is C=CCn1c(C)c(C)c2cc(C=O)nc(OCc3ccc(F)cc3)c21. The van der Waals surface area contributed by atoms with E-state index in [9.17, 15) is 9.18 Å². The van der Waals surface area contributed by atoms with Gasteiger partial charge in [0.15, 0.2) is 6.29 Å². The Morgan fingerprint density at radius 1 is 1.28 bits per heavy atom. The molecule has 5 heteroatoms. The van der Waals surface area contributed by atoms with Gasteiger partial charge in [0.2, 0.25) is 5.88 Å². The van der Waals surface area contributed by atoms with Crippen molar-refractivity contribution in [2.24, 2.45) is 0 Å². The van der Waals surface area contributed by atoms with E-state index in [4.69, 9.17) is 4.74 Å². The monoisotopic (exact) mass is 338 g/mol. The van der Waals surface area contributed by atoms with Crippen molar-refractivity contribution in [1.29, 1.82) is 0 Å². The number of fused-ring (bicyclic) bond motifs is 1. The number of halogens is 1. The molecule has 128 valence electrons. The summed E-state index contributed by atoms with van der Waals surface area (Å²) in [7, 11) is 0. The number of aromatic nitrogens is 2. The second kappa shape index (κ2) is 6.89. The van der Waals surface area contributed by atoms with Crippen molar-refractivity contribution in [3.63, 3.8) is 0 Å². The van der Waals surface area contributed by atoms with Gasteiger partial charge in [0.05, 0.1) is 0 Å². The molecule has 4 nitrogen and oxygen atoms in total. The molecule has 0 aliphatic heterocycles. The summed E-state index contributed by atoms with van der Waals surface area (Å²) in [5.41, 5.74) is 4.13. The van der Waals surface area contributed by atoms with E-state index >= 15 is 0 Å². The van der Waals surface area contributed by atoms with Crippen LogP contribution in [0.3, 0.4) is 0 Å². The van der Waals surface area contributed by atoms with E-state index in [0.29, 0.717) is 24.4 Å². The normalized spacial score (nSPS) is 10.8. The van der Waals surface area contributed by atoms with Crippen molar-refractivity contribution in [3.8, 4) is 5.88 Å². The first kappa shape index (κ1) is 16.9. The molecule has 0 saturated heterocycles. The van der Waals surface area contributed by atoms with Gasteiger partial charge in [-0.05, 0) is 43.2 Å². The highest BCUT2D eigenvalue weighted by atomic mass is 19.1. The van der Waals surface area contributed by atoms with E-state index in [2.05, 4.69) is 16.1 Å². The van der Waals surface area contributed by atoms with Gasteiger partial charge in [-0.15, -0.1) is 6.58 Å². The molecule has 0 unspecified atom stereocenters. The van der Waals surface area contributed by atoms with Crippen molar-refractivity contribution in [3.05, 3.63) is 71.3 Å². The number of aldehydes is 1. The lowest BCUT2D eigenvalue weighted by molar-refractivity contribution is 0.111. The number of carbonyl (C=O) groups excluding carboxylic acids is 1.